The molecule has 0 aromatic rings. The summed E-state index contributed by atoms with van der Waals surface area (Å²) in [6.07, 6.45) is 7.30. The molecule has 1 saturated carbocycles. The molecule has 18 heavy (non-hydrogen) atoms. The normalized spacial score (nSPS) is 32.7. The van der Waals surface area contributed by atoms with Crippen LogP contribution < -0.4 is 5.32 Å². The molecule has 2 unspecified atom stereocenters. The van der Waals surface area contributed by atoms with Crippen molar-refractivity contribution >= 4 is 0 Å². The minimum atomic E-state index is 0.0956. The van der Waals surface area contributed by atoms with Gasteiger partial charge in [0.25, 0.3) is 0 Å². The van der Waals surface area contributed by atoms with Gasteiger partial charge in [0.2, 0.25) is 0 Å². The van der Waals surface area contributed by atoms with Gasteiger partial charge in [-0.25, -0.2) is 0 Å². The molecule has 1 saturated heterocycles. The molecule has 3 nitrogen and oxygen atoms in total. The summed E-state index contributed by atoms with van der Waals surface area (Å²) in [6.45, 7) is 8.34. The highest BCUT2D eigenvalue weighted by atomic mass is 16.5. The second-order valence-electron chi connectivity index (χ2n) is 6.17. The van der Waals surface area contributed by atoms with Crippen molar-refractivity contribution in [3.8, 4) is 0 Å². The number of rotatable bonds is 8. The van der Waals surface area contributed by atoms with Crippen LogP contribution in [-0.4, -0.2) is 38.0 Å². The monoisotopic (exact) mass is 255 g/mol. The number of hydrogen-bond donors (Lipinski definition) is 1. The van der Waals surface area contributed by atoms with Crippen molar-refractivity contribution in [2.45, 2.75) is 64.0 Å². The van der Waals surface area contributed by atoms with E-state index in [1.807, 2.05) is 0 Å². The lowest BCUT2D eigenvalue weighted by Crippen LogP contribution is -2.45. The molecule has 0 amide bonds. The molecule has 0 radical (unpaired) electrons. The van der Waals surface area contributed by atoms with Crippen molar-refractivity contribution in [2.24, 2.45) is 5.92 Å². The predicted octanol–water partition coefficient (Wildman–Crippen LogP) is 2.74. The van der Waals surface area contributed by atoms with Crippen molar-refractivity contribution < 1.29 is 9.47 Å². The molecule has 1 heterocycles. The van der Waals surface area contributed by atoms with Crippen LogP contribution in [0.3, 0.4) is 0 Å². The van der Waals surface area contributed by atoms with Gasteiger partial charge in [0, 0.05) is 25.9 Å². The first-order valence-corrected chi connectivity index (χ1v) is 7.67. The third-order valence-corrected chi connectivity index (χ3v) is 4.29. The Hall–Kier alpha value is -0.120. The van der Waals surface area contributed by atoms with Gasteiger partial charge < -0.3 is 14.8 Å². The van der Waals surface area contributed by atoms with Gasteiger partial charge in [0.15, 0.2) is 0 Å². The van der Waals surface area contributed by atoms with Gasteiger partial charge in [-0.15, -0.1) is 0 Å². The van der Waals surface area contributed by atoms with Crippen LogP contribution in [0.5, 0.6) is 0 Å². The van der Waals surface area contributed by atoms with Crippen molar-refractivity contribution in [1.82, 2.24) is 5.32 Å². The summed E-state index contributed by atoms with van der Waals surface area (Å²) in [7, 11) is 0. The minimum absolute atomic E-state index is 0.0956. The summed E-state index contributed by atoms with van der Waals surface area (Å²) in [5.74, 6) is 0.888. The van der Waals surface area contributed by atoms with Gasteiger partial charge >= 0.3 is 0 Å². The molecule has 0 bridgehead atoms. The van der Waals surface area contributed by atoms with Crippen molar-refractivity contribution in [1.29, 1.82) is 0 Å². The third-order valence-electron chi connectivity index (χ3n) is 4.29. The molecule has 0 spiro atoms. The van der Waals surface area contributed by atoms with E-state index in [4.69, 9.17) is 9.47 Å². The van der Waals surface area contributed by atoms with E-state index in [1.165, 1.54) is 12.8 Å². The van der Waals surface area contributed by atoms with E-state index in [-0.39, 0.29) is 5.60 Å². The summed E-state index contributed by atoms with van der Waals surface area (Å²) in [4.78, 5) is 0. The van der Waals surface area contributed by atoms with E-state index in [2.05, 4.69) is 19.2 Å². The minimum Gasteiger partial charge on any atom is -0.381 e. The van der Waals surface area contributed by atoms with E-state index in [0.29, 0.717) is 6.04 Å². The Balaban J connectivity index is 1.50. The van der Waals surface area contributed by atoms with Gasteiger partial charge in [-0.05, 0) is 57.9 Å². The van der Waals surface area contributed by atoms with Crippen LogP contribution in [0.25, 0.3) is 0 Å². The SMILES string of the molecule is CCC1(C)CC(NCCCOCC2CC2)CCO1. The Morgan fingerprint density at radius 2 is 2.17 bits per heavy atom. The highest BCUT2D eigenvalue weighted by Gasteiger charge is 2.31. The molecule has 1 aliphatic heterocycles. The molecule has 2 atom stereocenters. The van der Waals surface area contributed by atoms with E-state index in [9.17, 15) is 0 Å². The van der Waals surface area contributed by atoms with Gasteiger partial charge in [-0.2, -0.15) is 0 Å². The first-order valence-electron chi connectivity index (χ1n) is 7.67. The number of ether oxygens (including phenoxy) is 2. The molecule has 3 heteroatoms. The zero-order valence-corrected chi connectivity index (χ0v) is 12.0. The third kappa shape index (κ3) is 4.87. The quantitative estimate of drug-likeness (QED) is 0.677. The van der Waals surface area contributed by atoms with E-state index in [1.54, 1.807) is 0 Å². The van der Waals surface area contributed by atoms with Crippen molar-refractivity contribution in [3.63, 3.8) is 0 Å². The molecule has 106 valence electrons. The van der Waals surface area contributed by atoms with Gasteiger partial charge in [0.1, 0.15) is 0 Å². The zero-order chi connectivity index (χ0) is 12.8. The molecule has 0 aromatic carbocycles. The maximum Gasteiger partial charge on any atom is 0.0666 e. The first kappa shape index (κ1) is 14.3. The average molecular weight is 255 g/mol. The Morgan fingerprint density at radius 1 is 1.33 bits per heavy atom. The molecule has 0 aromatic heterocycles. The molecule has 2 fully saturated rings. The largest absolute Gasteiger partial charge is 0.381 e. The summed E-state index contributed by atoms with van der Waals surface area (Å²) >= 11 is 0. The van der Waals surface area contributed by atoms with Crippen LogP contribution >= 0.6 is 0 Å². The molecule has 2 rings (SSSR count). The van der Waals surface area contributed by atoms with E-state index >= 15 is 0 Å². The molecule has 1 aliphatic carbocycles. The fourth-order valence-corrected chi connectivity index (χ4v) is 2.57. The fourth-order valence-electron chi connectivity index (χ4n) is 2.57. The van der Waals surface area contributed by atoms with Gasteiger partial charge in [-0.3, -0.25) is 0 Å². The van der Waals surface area contributed by atoms with E-state index in [0.717, 1.165) is 58.0 Å². The summed E-state index contributed by atoms with van der Waals surface area (Å²) in [5, 5.41) is 3.65. The first-order chi connectivity index (χ1) is 8.72. The zero-order valence-electron chi connectivity index (χ0n) is 12.0. The number of hydrogen-bond acceptors (Lipinski definition) is 3. The summed E-state index contributed by atoms with van der Waals surface area (Å²) in [5.41, 5.74) is 0.0956. The molecule has 1 N–H and O–H groups in total. The molecular weight excluding hydrogens is 226 g/mol. The maximum absolute atomic E-state index is 5.86. The predicted molar refractivity (Wildman–Crippen MR) is 73.8 cm³/mol. The highest BCUT2D eigenvalue weighted by molar-refractivity contribution is 4.85. The lowest BCUT2D eigenvalue weighted by Gasteiger charge is -2.38. The topological polar surface area (TPSA) is 30.5 Å². The maximum atomic E-state index is 5.86. The Bertz CT molecular complexity index is 243. The van der Waals surface area contributed by atoms with Gasteiger partial charge in [-0.1, -0.05) is 6.92 Å². The van der Waals surface area contributed by atoms with Crippen LogP contribution in [0.2, 0.25) is 0 Å². The van der Waals surface area contributed by atoms with E-state index < -0.39 is 0 Å². The Labute approximate surface area is 112 Å². The van der Waals surface area contributed by atoms with Crippen LogP contribution in [0, 0.1) is 5.92 Å². The fraction of sp³-hybridized carbons (Fsp3) is 1.00. The van der Waals surface area contributed by atoms with Crippen LogP contribution in [-0.2, 0) is 9.47 Å². The Kier molecular flexibility index (Phi) is 5.46. The van der Waals surface area contributed by atoms with Gasteiger partial charge in [0.05, 0.1) is 5.60 Å². The molecular formula is C15H29NO2. The lowest BCUT2D eigenvalue weighted by molar-refractivity contribution is -0.0779. The average Bonchev–Trinajstić information content (AvgIpc) is 3.18. The second-order valence-corrected chi connectivity index (χ2v) is 6.17. The van der Waals surface area contributed by atoms with Crippen molar-refractivity contribution in [2.75, 3.05) is 26.4 Å². The van der Waals surface area contributed by atoms with Crippen molar-refractivity contribution in [3.05, 3.63) is 0 Å². The van der Waals surface area contributed by atoms with Crippen LogP contribution in [0.1, 0.15) is 52.4 Å². The smallest absolute Gasteiger partial charge is 0.0666 e. The standard InChI is InChI=1S/C15H29NO2/c1-3-15(2)11-14(7-10-18-15)16-8-4-9-17-12-13-5-6-13/h13-14,16H,3-12H2,1-2H3. The number of nitrogens with one attached hydrogen (secondary N) is 1. The van der Waals surface area contributed by atoms with Crippen LogP contribution in [0.15, 0.2) is 0 Å². The molecule has 2 aliphatic rings. The summed E-state index contributed by atoms with van der Waals surface area (Å²) in [6, 6.07) is 0.632. The lowest BCUT2D eigenvalue weighted by atomic mass is 9.90. The Morgan fingerprint density at radius 3 is 2.89 bits per heavy atom. The second kappa shape index (κ2) is 6.88. The summed E-state index contributed by atoms with van der Waals surface area (Å²) < 4.78 is 11.5. The van der Waals surface area contributed by atoms with Crippen LogP contribution in [0.4, 0.5) is 0 Å². The highest BCUT2D eigenvalue weighted by Crippen LogP contribution is 2.29.